The molecule has 17 heavy (non-hydrogen) atoms. The summed E-state index contributed by atoms with van der Waals surface area (Å²) in [5.74, 6) is 3.27. The van der Waals surface area contributed by atoms with Gasteiger partial charge in [-0.1, -0.05) is 26.2 Å². The highest BCUT2D eigenvalue weighted by molar-refractivity contribution is 4.96. The molecule has 1 heteroatoms. The maximum Gasteiger partial charge on any atom is 0.0121 e. The molecule has 4 atom stereocenters. The fourth-order valence-electron chi connectivity index (χ4n) is 5.25. The molecule has 3 aliphatic rings. The molecule has 1 nitrogen and oxygen atoms in total. The first kappa shape index (κ1) is 12.0. The SMILES string of the molecule is CNC(CC1CC2CCC1C2)C1(C)CCCC1. The zero-order valence-electron chi connectivity index (χ0n) is 11.7. The van der Waals surface area contributed by atoms with Crippen LogP contribution in [-0.4, -0.2) is 13.1 Å². The van der Waals surface area contributed by atoms with E-state index >= 15 is 0 Å². The molecule has 2 bridgehead atoms. The Morgan fingerprint density at radius 3 is 2.47 bits per heavy atom. The van der Waals surface area contributed by atoms with E-state index in [0.717, 1.165) is 23.8 Å². The first-order valence-electron chi connectivity index (χ1n) is 7.88. The summed E-state index contributed by atoms with van der Waals surface area (Å²) in [6.45, 7) is 2.54. The van der Waals surface area contributed by atoms with Crippen molar-refractivity contribution in [1.29, 1.82) is 0 Å². The summed E-state index contributed by atoms with van der Waals surface area (Å²) in [5.41, 5.74) is 0.608. The lowest BCUT2D eigenvalue weighted by atomic mass is 9.73. The minimum absolute atomic E-state index is 0.608. The summed E-state index contributed by atoms with van der Waals surface area (Å²) in [7, 11) is 2.20. The maximum absolute atomic E-state index is 3.67. The minimum Gasteiger partial charge on any atom is -0.316 e. The maximum atomic E-state index is 3.67. The van der Waals surface area contributed by atoms with Crippen LogP contribution in [0.1, 0.15) is 64.7 Å². The number of rotatable bonds is 4. The first-order valence-corrected chi connectivity index (χ1v) is 7.88. The summed E-state index contributed by atoms with van der Waals surface area (Å²) in [5, 5.41) is 3.67. The summed E-state index contributed by atoms with van der Waals surface area (Å²) in [6, 6.07) is 0.786. The molecule has 3 rings (SSSR count). The van der Waals surface area contributed by atoms with Crippen molar-refractivity contribution in [2.75, 3.05) is 7.05 Å². The third-order valence-corrected chi connectivity index (χ3v) is 6.36. The smallest absolute Gasteiger partial charge is 0.0121 e. The molecule has 0 spiro atoms. The lowest BCUT2D eigenvalue weighted by Gasteiger charge is -2.37. The van der Waals surface area contributed by atoms with E-state index in [4.69, 9.17) is 0 Å². The molecule has 1 N–H and O–H groups in total. The minimum atomic E-state index is 0.608. The molecular formula is C16H29N. The van der Waals surface area contributed by atoms with Crippen LogP contribution >= 0.6 is 0 Å². The van der Waals surface area contributed by atoms with Gasteiger partial charge >= 0.3 is 0 Å². The van der Waals surface area contributed by atoms with Crippen LogP contribution in [0.5, 0.6) is 0 Å². The molecule has 0 aromatic carbocycles. The average Bonchev–Trinajstić information content (AvgIpc) is 3.01. The Balaban J connectivity index is 1.62. The van der Waals surface area contributed by atoms with Crippen molar-refractivity contribution in [3.63, 3.8) is 0 Å². The van der Waals surface area contributed by atoms with Gasteiger partial charge in [0.15, 0.2) is 0 Å². The molecule has 98 valence electrons. The van der Waals surface area contributed by atoms with E-state index in [1.165, 1.54) is 32.1 Å². The van der Waals surface area contributed by atoms with Gasteiger partial charge in [0.2, 0.25) is 0 Å². The largest absolute Gasteiger partial charge is 0.316 e. The van der Waals surface area contributed by atoms with Gasteiger partial charge in [0.25, 0.3) is 0 Å². The van der Waals surface area contributed by atoms with E-state index in [2.05, 4.69) is 19.3 Å². The fourth-order valence-corrected chi connectivity index (χ4v) is 5.25. The van der Waals surface area contributed by atoms with Gasteiger partial charge in [0.1, 0.15) is 0 Å². The van der Waals surface area contributed by atoms with E-state index in [0.29, 0.717) is 5.41 Å². The zero-order chi connectivity index (χ0) is 11.9. The van der Waals surface area contributed by atoms with Crippen LogP contribution in [0.3, 0.4) is 0 Å². The second-order valence-corrected chi connectivity index (χ2v) is 7.37. The highest BCUT2D eigenvalue weighted by Crippen LogP contribution is 2.52. The molecule has 3 fully saturated rings. The van der Waals surface area contributed by atoms with Gasteiger partial charge in [-0.05, 0) is 68.7 Å². The van der Waals surface area contributed by atoms with Crippen molar-refractivity contribution in [1.82, 2.24) is 5.32 Å². The predicted octanol–water partition coefficient (Wildman–Crippen LogP) is 3.98. The van der Waals surface area contributed by atoms with Gasteiger partial charge in [-0.2, -0.15) is 0 Å². The number of nitrogens with one attached hydrogen (secondary N) is 1. The molecule has 0 amide bonds. The van der Waals surface area contributed by atoms with Crippen molar-refractivity contribution >= 4 is 0 Å². The Bertz CT molecular complexity index is 267. The van der Waals surface area contributed by atoms with E-state index in [-0.39, 0.29) is 0 Å². The van der Waals surface area contributed by atoms with E-state index < -0.39 is 0 Å². The molecular weight excluding hydrogens is 206 g/mol. The molecule has 3 saturated carbocycles. The fraction of sp³-hybridized carbons (Fsp3) is 1.00. The van der Waals surface area contributed by atoms with E-state index in [9.17, 15) is 0 Å². The summed E-state index contributed by atoms with van der Waals surface area (Å²) < 4.78 is 0. The van der Waals surface area contributed by atoms with Crippen molar-refractivity contribution in [3.8, 4) is 0 Å². The highest BCUT2D eigenvalue weighted by Gasteiger charge is 2.43. The quantitative estimate of drug-likeness (QED) is 0.777. The third-order valence-electron chi connectivity index (χ3n) is 6.36. The van der Waals surface area contributed by atoms with Crippen LogP contribution < -0.4 is 5.32 Å². The molecule has 4 unspecified atom stereocenters. The van der Waals surface area contributed by atoms with Gasteiger partial charge in [-0.3, -0.25) is 0 Å². The van der Waals surface area contributed by atoms with Gasteiger partial charge in [0, 0.05) is 6.04 Å². The predicted molar refractivity (Wildman–Crippen MR) is 73.0 cm³/mol. The molecule has 0 aromatic rings. The van der Waals surface area contributed by atoms with E-state index in [1.54, 1.807) is 25.7 Å². The highest BCUT2D eigenvalue weighted by atomic mass is 14.9. The summed E-state index contributed by atoms with van der Waals surface area (Å²) >= 11 is 0. The van der Waals surface area contributed by atoms with Crippen LogP contribution in [0.15, 0.2) is 0 Å². The lowest BCUT2D eigenvalue weighted by molar-refractivity contribution is 0.172. The normalized spacial score (nSPS) is 40.9. The van der Waals surface area contributed by atoms with Crippen LogP contribution in [0, 0.1) is 23.2 Å². The monoisotopic (exact) mass is 235 g/mol. The van der Waals surface area contributed by atoms with Crippen LogP contribution in [0.2, 0.25) is 0 Å². The van der Waals surface area contributed by atoms with Gasteiger partial charge in [-0.15, -0.1) is 0 Å². The summed E-state index contributed by atoms with van der Waals surface area (Å²) in [6.07, 6.45) is 13.5. The third kappa shape index (κ3) is 2.16. The standard InChI is InChI=1S/C16H29N/c1-16(7-3-4-8-16)15(17-2)11-14-10-12-5-6-13(14)9-12/h12-15,17H,3-11H2,1-2H3. The van der Waals surface area contributed by atoms with Gasteiger partial charge in [0.05, 0.1) is 0 Å². The number of hydrogen-bond acceptors (Lipinski definition) is 1. The Labute approximate surface area is 107 Å². The topological polar surface area (TPSA) is 12.0 Å². The van der Waals surface area contributed by atoms with Crippen molar-refractivity contribution in [2.45, 2.75) is 70.8 Å². The zero-order valence-corrected chi connectivity index (χ0v) is 11.7. The molecule has 0 aliphatic heterocycles. The van der Waals surface area contributed by atoms with Gasteiger partial charge < -0.3 is 5.32 Å². The van der Waals surface area contributed by atoms with Crippen LogP contribution in [0.25, 0.3) is 0 Å². The molecule has 3 aliphatic carbocycles. The Morgan fingerprint density at radius 2 is 1.94 bits per heavy atom. The van der Waals surface area contributed by atoms with E-state index in [1.807, 2.05) is 0 Å². The van der Waals surface area contributed by atoms with Crippen molar-refractivity contribution in [2.24, 2.45) is 23.2 Å². The molecule has 0 radical (unpaired) electrons. The van der Waals surface area contributed by atoms with Crippen LogP contribution in [0.4, 0.5) is 0 Å². The van der Waals surface area contributed by atoms with Crippen LogP contribution in [-0.2, 0) is 0 Å². The molecule has 0 aromatic heterocycles. The summed E-state index contributed by atoms with van der Waals surface area (Å²) in [4.78, 5) is 0. The number of hydrogen-bond donors (Lipinski definition) is 1. The second-order valence-electron chi connectivity index (χ2n) is 7.37. The number of fused-ring (bicyclic) bond motifs is 2. The van der Waals surface area contributed by atoms with Crippen molar-refractivity contribution < 1.29 is 0 Å². The van der Waals surface area contributed by atoms with Crippen molar-refractivity contribution in [3.05, 3.63) is 0 Å². The van der Waals surface area contributed by atoms with Gasteiger partial charge in [-0.25, -0.2) is 0 Å². The first-order chi connectivity index (χ1) is 8.21. The lowest BCUT2D eigenvalue weighted by Crippen LogP contribution is -2.42. The Morgan fingerprint density at radius 1 is 1.18 bits per heavy atom. The molecule has 0 heterocycles. The molecule has 0 saturated heterocycles. The Hall–Kier alpha value is -0.0400. The second kappa shape index (κ2) is 4.57. The average molecular weight is 235 g/mol. The Kier molecular flexibility index (Phi) is 3.23.